The number of anilines is 2. The van der Waals surface area contributed by atoms with Crippen molar-refractivity contribution in [1.29, 1.82) is 0 Å². The molecule has 142 valence electrons. The molecular formula is C22H22N4O2. The van der Waals surface area contributed by atoms with Gasteiger partial charge in [0.05, 0.1) is 5.69 Å². The molecule has 28 heavy (non-hydrogen) atoms. The number of nitrogens with zero attached hydrogens (tertiary/aromatic N) is 3. The molecule has 6 nitrogen and oxygen atoms in total. The van der Waals surface area contributed by atoms with Gasteiger partial charge >= 0.3 is 0 Å². The summed E-state index contributed by atoms with van der Waals surface area (Å²) in [6.07, 6.45) is 2.87. The van der Waals surface area contributed by atoms with Crippen LogP contribution in [0.4, 0.5) is 11.6 Å². The van der Waals surface area contributed by atoms with Crippen LogP contribution in [0.2, 0.25) is 0 Å². The third kappa shape index (κ3) is 3.51. The van der Waals surface area contributed by atoms with Crippen LogP contribution in [0.1, 0.15) is 22.4 Å². The summed E-state index contributed by atoms with van der Waals surface area (Å²) in [5.41, 5.74) is 5.87. The van der Waals surface area contributed by atoms with Crippen LogP contribution in [-0.2, 0) is 19.5 Å². The van der Waals surface area contributed by atoms with E-state index in [-0.39, 0.29) is 6.79 Å². The Bertz CT molecular complexity index is 1020. The summed E-state index contributed by atoms with van der Waals surface area (Å²) in [5.74, 6) is 2.13. The summed E-state index contributed by atoms with van der Waals surface area (Å²) in [6.45, 7) is 5.25. The van der Waals surface area contributed by atoms with Crippen LogP contribution in [0.5, 0.6) is 11.5 Å². The standard InChI is InChI=1S/C22H22N4O2/c1-15-3-2-4-16(9-15)12-26-8-7-19-17(13-26)11-23-22(25-19)24-18-5-6-20-21(10-18)28-14-27-20/h2-6,9-11H,7-8,12-14H2,1H3,(H,23,24,25). The number of ether oxygens (including phenoxy) is 2. The minimum Gasteiger partial charge on any atom is -0.454 e. The number of fused-ring (bicyclic) bond motifs is 2. The molecule has 2 aliphatic heterocycles. The topological polar surface area (TPSA) is 59.5 Å². The third-order valence-corrected chi connectivity index (χ3v) is 5.13. The minimum absolute atomic E-state index is 0.271. The van der Waals surface area contributed by atoms with Gasteiger partial charge in [-0.1, -0.05) is 29.8 Å². The first-order chi connectivity index (χ1) is 13.7. The maximum absolute atomic E-state index is 5.43. The second-order valence-corrected chi connectivity index (χ2v) is 7.31. The molecule has 0 bridgehead atoms. The molecular weight excluding hydrogens is 352 g/mol. The molecule has 2 aromatic carbocycles. The maximum atomic E-state index is 5.43. The Balaban J connectivity index is 1.28. The van der Waals surface area contributed by atoms with Crippen molar-refractivity contribution in [3.8, 4) is 11.5 Å². The summed E-state index contributed by atoms with van der Waals surface area (Å²) in [5, 5.41) is 3.27. The van der Waals surface area contributed by atoms with E-state index < -0.39 is 0 Å². The van der Waals surface area contributed by atoms with Gasteiger partial charge < -0.3 is 14.8 Å². The highest BCUT2D eigenvalue weighted by molar-refractivity contribution is 5.60. The summed E-state index contributed by atoms with van der Waals surface area (Å²) in [7, 11) is 0. The highest BCUT2D eigenvalue weighted by atomic mass is 16.7. The second kappa shape index (κ2) is 7.13. The van der Waals surface area contributed by atoms with Crippen molar-refractivity contribution >= 4 is 11.6 Å². The molecule has 0 unspecified atom stereocenters. The van der Waals surface area contributed by atoms with Gasteiger partial charge in [0.25, 0.3) is 0 Å². The zero-order valence-corrected chi connectivity index (χ0v) is 15.8. The summed E-state index contributed by atoms with van der Waals surface area (Å²) >= 11 is 0. The van der Waals surface area contributed by atoms with Gasteiger partial charge in [0.15, 0.2) is 11.5 Å². The predicted octanol–water partition coefficient (Wildman–Crippen LogP) is 3.82. The lowest BCUT2D eigenvalue weighted by Crippen LogP contribution is -2.31. The van der Waals surface area contributed by atoms with E-state index >= 15 is 0 Å². The van der Waals surface area contributed by atoms with Crippen molar-refractivity contribution < 1.29 is 9.47 Å². The van der Waals surface area contributed by atoms with Crippen LogP contribution in [0.3, 0.4) is 0 Å². The van der Waals surface area contributed by atoms with Crippen LogP contribution in [0, 0.1) is 6.92 Å². The quantitative estimate of drug-likeness (QED) is 0.749. The average Bonchev–Trinajstić information content (AvgIpc) is 3.16. The second-order valence-electron chi connectivity index (χ2n) is 7.31. The van der Waals surface area contributed by atoms with Crippen molar-refractivity contribution in [3.05, 3.63) is 71.0 Å². The van der Waals surface area contributed by atoms with Gasteiger partial charge in [-0.2, -0.15) is 0 Å². The maximum Gasteiger partial charge on any atom is 0.231 e. The van der Waals surface area contributed by atoms with Crippen LogP contribution < -0.4 is 14.8 Å². The predicted molar refractivity (Wildman–Crippen MR) is 107 cm³/mol. The van der Waals surface area contributed by atoms with Crippen molar-refractivity contribution in [1.82, 2.24) is 14.9 Å². The lowest BCUT2D eigenvalue weighted by atomic mass is 10.1. The first kappa shape index (κ1) is 17.0. The highest BCUT2D eigenvalue weighted by Gasteiger charge is 2.19. The van der Waals surface area contributed by atoms with Gasteiger partial charge in [-0.25, -0.2) is 9.97 Å². The monoisotopic (exact) mass is 374 g/mol. The number of aryl methyl sites for hydroxylation is 1. The fourth-order valence-electron chi connectivity index (χ4n) is 3.74. The Morgan fingerprint density at radius 2 is 2.04 bits per heavy atom. The Labute approximate surface area is 164 Å². The molecule has 3 heterocycles. The molecule has 1 aromatic heterocycles. The summed E-state index contributed by atoms with van der Waals surface area (Å²) in [6, 6.07) is 14.5. The molecule has 2 aliphatic rings. The number of nitrogens with one attached hydrogen (secondary N) is 1. The van der Waals surface area contributed by atoms with Crippen LogP contribution in [0.15, 0.2) is 48.7 Å². The largest absolute Gasteiger partial charge is 0.454 e. The van der Waals surface area contributed by atoms with Crippen molar-refractivity contribution in [2.75, 3.05) is 18.7 Å². The molecule has 0 radical (unpaired) electrons. The zero-order valence-electron chi connectivity index (χ0n) is 15.8. The first-order valence-corrected chi connectivity index (χ1v) is 9.52. The van der Waals surface area contributed by atoms with Gasteiger partial charge in [0.1, 0.15) is 0 Å². The molecule has 1 N–H and O–H groups in total. The van der Waals surface area contributed by atoms with Crippen molar-refractivity contribution in [3.63, 3.8) is 0 Å². The Kier molecular flexibility index (Phi) is 4.33. The fraction of sp³-hybridized carbons (Fsp3) is 0.273. The van der Waals surface area contributed by atoms with Gasteiger partial charge in [-0.15, -0.1) is 0 Å². The van der Waals surface area contributed by atoms with Gasteiger partial charge in [0, 0.05) is 49.6 Å². The van der Waals surface area contributed by atoms with E-state index in [9.17, 15) is 0 Å². The normalized spacial score (nSPS) is 15.3. The molecule has 5 rings (SSSR count). The highest BCUT2D eigenvalue weighted by Crippen LogP contribution is 2.34. The molecule has 0 saturated heterocycles. The summed E-state index contributed by atoms with van der Waals surface area (Å²) in [4.78, 5) is 11.7. The molecule has 0 atom stereocenters. The van der Waals surface area contributed by atoms with Gasteiger partial charge in [0.2, 0.25) is 12.7 Å². The molecule has 0 saturated carbocycles. The first-order valence-electron chi connectivity index (χ1n) is 9.52. The lowest BCUT2D eigenvalue weighted by molar-refractivity contribution is 0.174. The molecule has 0 aliphatic carbocycles. The number of aromatic nitrogens is 2. The average molecular weight is 374 g/mol. The van der Waals surface area contributed by atoms with E-state index in [0.29, 0.717) is 5.95 Å². The van der Waals surface area contributed by atoms with E-state index in [1.165, 1.54) is 16.7 Å². The fourth-order valence-corrected chi connectivity index (χ4v) is 3.74. The van der Waals surface area contributed by atoms with Crippen LogP contribution in [-0.4, -0.2) is 28.2 Å². The van der Waals surface area contributed by atoms with Crippen molar-refractivity contribution in [2.24, 2.45) is 0 Å². The van der Waals surface area contributed by atoms with E-state index in [0.717, 1.165) is 48.9 Å². The third-order valence-electron chi connectivity index (χ3n) is 5.13. The molecule has 3 aromatic rings. The number of benzene rings is 2. The Morgan fingerprint density at radius 1 is 1.11 bits per heavy atom. The smallest absolute Gasteiger partial charge is 0.231 e. The van der Waals surface area contributed by atoms with E-state index in [2.05, 4.69) is 46.4 Å². The van der Waals surface area contributed by atoms with Gasteiger partial charge in [-0.05, 0) is 24.6 Å². The summed E-state index contributed by atoms with van der Waals surface area (Å²) < 4.78 is 10.8. The molecule has 6 heteroatoms. The van der Waals surface area contributed by atoms with Crippen molar-refractivity contribution in [2.45, 2.75) is 26.4 Å². The van der Waals surface area contributed by atoms with E-state index in [1.807, 2.05) is 24.4 Å². The number of hydrogen-bond donors (Lipinski definition) is 1. The lowest BCUT2D eigenvalue weighted by Gasteiger charge is -2.28. The molecule has 0 amide bonds. The van der Waals surface area contributed by atoms with E-state index in [1.54, 1.807) is 0 Å². The molecule has 0 spiro atoms. The molecule has 0 fully saturated rings. The SMILES string of the molecule is Cc1cccc(CN2CCc3nc(Nc4ccc5c(c4)OCO5)ncc3C2)c1. The Hall–Kier alpha value is -3.12. The zero-order chi connectivity index (χ0) is 18.9. The Morgan fingerprint density at radius 3 is 2.96 bits per heavy atom. The number of hydrogen-bond acceptors (Lipinski definition) is 6. The minimum atomic E-state index is 0.271. The van der Waals surface area contributed by atoms with Crippen LogP contribution in [0.25, 0.3) is 0 Å². The van der Waals surface area contributed by atoms with Crippen LogP contribution >= 0.6 is 0 Å². The number of rotatable bonds is 4. The van der Waals surface area contributed by atoms with E-state index in [4.69, 9.17) is 14.5 Å². The van der Waals surface area contributed by atoms with Gasteiger partial charge in [-0.3, -0.25) is 4.90 Å².